The third-order valence-electron chi connectivity index (χ3n) is 18.5. The number of rotatable bonds is 50. The molecule has 30 nitrogen and oxygen atoms in total. The van der Waals surface area contributed by atoms with Crippen LogP contribution in [0.1, 0.15) is 134 Å². The maximum atomic E-state index is 14.4. The molecular formula is C79H110N7O23+. The number of unbranched alkanes of at least 4 members (excludes halogenated alkanes) is 2. The van der Waals surface area contributed by atoms with Gasteiger partial charge in [0, 0.05) is 94.1 Å². The van der Waals surface area contributed by atoms with Crippen LogP contribution in [0.15, 0.2) is 77.1 Å². The summed E-state index contributed by atoms with van der Waals surface area (Å²) in [6.45, 7) is 17.2. The maximum Gasteiger partial charge on any atom is 0.421 e. The van der Waals surface area contributed by atoms with Gasteiger partial charge in [-0.3, -0.25) is 48.2 Å². The number of hydrogen-bond donors (Lipinski definition) is 3. The van der Waals surface area contributed by atoms with E-state index in [0.29, 0.717) is 159 Å². The number of ketones is 2. The number of imide groups is 2. The molecule has 3 N–H and O–H groups in total. The number of ether oxygens (including phenoxy) is 13. The van der Waals surface area contributed by atoms with Gasteiger partial charge < -0.3 is 82.2 Å². The molecule has 0 spiro atoms. The number of aliphatic hydroxyl groups excluding tert-OH is 1. The highest BCUT2D eigenvalue weighted by Crippen LogP contribution is 2.41. The number of nitrogens with zero attached hydrogens (tertiary/aromatic N) is 5. The quantitative estimate of drug-likeness (QED) is 0.0276. The van der Waals surface area contributed by atoms with Gasteiger partial charge in [0.25, 0.3) is 5.91 Å². The number of benzene rings is 3. The standard InChI is InChI=1S/C78H105N7O23.CH4/c1-51(2)60(42-59(86)17-22-98-24-26-100-28-30-102-32-34-104-36-37-105-35-33-103-31-29-101-27-25-99-23-18-79-71(88)16-19-82-72(89)40-54(5)74(82)91)73(90)81-55(6)66(87)41-56-12-14-57(15-13-56)50-108-78(95)85-64-46-70(68(97-8)44-62(64)76(93)84-49-53(4)39-65(84)77(85)94)107-21-11-9-10-20-106-69-45-63-61(43-67(69)96-7)75(92)83-48-52(3)38-58(83)47-80-63;/h12-15,43-49,51,54-55,58,60,65H,9-11,16-42,50H2,1-8H3,(H2,79,81,88,90);1H4/p+1/t54?,55-,58-,60-,65-;/m0./s1. The molecule has 598 valence electrons. The molecule has 0 saturated carbocycles. The second-order valence-corrected chi connectivity index (χ2v) is 27.2. The molecule has 8 rings (SSSR count). The van der Waals surface area contributed by atoms with Gasteiger partial charge in [-0.25, -0.2) is 9.69 Å². The normalized spacial score (nSPS) is 17.0. The number of carbonyl (C=O) groups is 9. The van der Waals surface area contributed by atoms with Crippen molar-refractivity contribution in [3.8, 4) is 23.0 Å². The third kappa shape index (κ3) is 26.3. The molecule has 1 saturated heterocycles. The zero-order valence-corrected chi connectivity index (χ0v) is 63.4. The second-order valence-electron chi connectivity index (χ2n) is 27.2. The van der Waals surface area contributed by atoms with Crippen LogP contribution in [0.5, 0.6) is 23.0 Å². The summed E-state index contributed by atoms with van der Waals surface area (Å²) in [6.07, 6.45) is 7.56. The predicted molar refractivity (Wildman–Crippen MR) is 401 cm³/mol. The van der Waals surface area contributed by atoms with Gasteiger partial charge in [0.15, 0.2) is 35.0 Å². The zero-order chi connectivity index (χ0) is 77.5. The Morgan fingerprint density at radius 2 is 1.18 bits per heavy atom. The van der Waals surface area contributed by atoms with Gasteiger partial charge >= 0.3 is 17.9 Å². The van der Waals surface area contributed by atoms with Crippen LogP contribution in [0.4, 0.5) is 16.2 Å². The largest absolute Gasteiger partial charge is 0.493 e. The molecule has 5 aliphatic rings. The number of anilines is 1. The number of hydrogen-bond acceptors (Lipinski definition) is 23. The minimum atomic E-state index is -0.989. The number of likely N-dealkylation sites (tertiary alicyclic amines) is 1. The molecule has 1 fully saturated rings. The zero-order valence-electron chi connectivity index (χ0n) is 63.4. The van der Waals surface area contributed by atoms with Crippen molar-refractivity contribution in [1.29, 1.82) is 0 Å². The highest BCUT2D eigenvalue weighted by Gasteiger charge is 2.48. The van der Waals surface area contributed by atoms with Gasteiger partial charge in [0.2, 0.25) is 29.7 Å². The summed E-state index contributed by atoms with van der Waals surface area (Å²) in [5.41, 5.74) is 4.24. The van der Waals surface area contributed by atoms with Gasteiger partial charge in [0.1, 0.15) is 18.0 Å². The van der Waals surface area contributed by atoms with Crippen LogP contribution in [-0.4, -0.2) is 249 Å². The van der Waals surface area contributed by atoms with E-state index in [2.05, 4.69) is 15.6 Å². The van der Waals surface area contributed by atoms with E-state index in [4.69, 9.17) is 61.6 Å². The lowest BCUT2D eigenvalue weighted by Crippen LogP contribution is -2.45. The molecular weight excluding hydrogens is 1410 g/mol. The van der Waals surface area contributed by atoms with E-state index < -0.39 is 35.9 Å². The van der Waals surface area contributed by atoms with Crippen LogP contribution in [0.25, 0.3) is 0 Å². The minimum Gasteiger partial charge on any atom is -0.493 e. The van der Waals surface area contributed by atoms with Crippen molar-refractivity contribution in [1.82, 2.24) is 20.4 Å². The fourth-order valence-electron chi connectivity index (χ4n) is 12.4. The van der Waals surface area contributed by atoms with Crippen LogP contribution < -0.4 is 34.5 Å². The smallest absolute Gasteiger partial charge is 0.421 e. The molecule has 5 heterocycles. The number of fused-ring (bicyclic) bond motifs is 4. The summed E-state index contributed by atoms with van der Waals surface area (Å²) in [6, 6.07) is 11.3. The number of methoxy groups -OCH3 is 2. The lowest BCUT2D eigenvalue weighted by molar-refractivity contribution is -0.482. The van der Waals surface area contributed by atoms with Crippen LogP contribution in [-0.2, 0) is 89.2 Å². The Kier molecular flexibility index (Phi) is 36.2. The Bertz CT molecular complexity index is 3710. The van der Waals surface area contributed by atoms with E-state index in [9.17, 15) is 48.3 Å². The van der Waals surface area contributed by atoms with Crippen LogP contribution in [0, 0.1) is 17.8 Å². The van der Waals surface area contributed by atoms with Crippen molar-refractivity contribution in [2.24, 2.45) is 22.7 Å². The molecule has 0 aromatic heterocycles. The van der Waals surface area contributed by atoms with E-state index >= 15 is 0 Å². The summed E-state index contributed by atoms with van der Waals surface area (Å²) in [4.78, 5) is 126. The topological polar surface area (TPSA) is 343 Å². The summed E-state index contributed by atoms with van der Waals surface area (Å²) in [5.74, 6) is -2.36. The number of carbonyl (C=O) groups excluding carboxylic acids is 9. The Morgan fingerprint density at radius 3 is 1.74 bits per heavy atom. The van der Waals surface area contributed by atoms with Crippen molar-refractivity contribution in [2.45, 2.75) is 138 Å². The Balaban J connectivity index is 0.0000165. The average molecular weight is 1530 g/mol. The van der Waals surface area contributed by atoms with E-state index in [1.54, 1.807) is 67.6 Å². The van der Waals surface area contributed by atoms with E-state index in [-0.39, 0.29) is 161 Å². The monoisotopic (exact) mass is 1520 g/mol. The fourth-order valence-corrected chi connectivity index (χ4v) is 12.4. The van der Waals surface area contributed by atoms with Crippen molar-refractivity contribution < 1.29 is 114 Å². The number of aliphatic imine (C=N–C) groups is 1. The van der Waals surface area contributed by atoms with Gasteiger partial charge in [-0.05, 0) is 75.1 Å². The molecule has 109 heavy (non-hydrogen) atoms. The summed E-state index contributed by atoms with van der Waals surface area (Å²) < 4.78 is 75.2. The first-order valence-electron chi connectivity index (χ1n) is 37.1. The van der Waals surface area contributed by atoms with Crippen molar-refractivity contribution in [3.05, 3.63) is 94.3 Å². The van der Waals surface area contributed by atoms with Crippen LogP contribution in [0.2, 0.25) is 0 Å². The minimum absolute atomic E-state index is 0. The number of Topliss-reactive ketones (excluding diaryl/α,β-unsaturated/α-hetero) is 2. The van der Waals surface area contributed by atoms with E-state index in [1.807, 2.05) is 33.9 Å². The molecule has 0 aliphatic carbocycles. The lowest BCUT2D eigenvalue weighted by atomic mass is 9.88. The summed E-state index contributed by atoms with van der Waals surface area (Å²) in [7, 11) is 2.97. The van der Waals surface area contributed by atoms with Crippen LogP contribution >= 0.6 is 0 Å². The molecule has 0 bridgehead atoms. The number of aliphatic hydroxyl groups is 1. The first-order chi connectivity index (χ1) is 52.1. The molecule has 3 aromatic rings. The second kappa shape index (κ2) is 45.2. The Labute approximate surface area is 638 Å². The Hall–Kier alpha value is -9.01. The van der Waals surface area contributed by atoms with Gasteiger partial charge in [-0.1, -0.05) is 58.0 Å². The molecule has 5 atom stereocenters. The number of nitrogens with one attached hydrogen (secondary N) is 2. The molecule has 7 amide bonds. The maximum absolute atomic E-state index is 14.4. The van der Waals surface area contributed by atoms with E-state index in [0.717, 1.165) is 27.4 Å². The van der Waals surface area contributed by atoms with Crippen LogP contribution in [0.3, 0.4) is 0 Å². The van der Waals surface area contributed by atoms with Gasteiger partial charge in [-0.2, -0.15) is 4.58 Å². The van der Waals surface area contributed by atoms with Gasteiger partial charge in [-0.15, -0.1) is 0 Å². The fraction of sp³-hybridized carbons (Fsp3) is 0.582. The number of amides is 7. The van der Waals surface area contributed by atoms with Crippen molar-refractivity contribution in [3.63, 3.8) is 0 Å². The molecule has 0 radical (unpaired) electrons. The van der Waals surface area contributed by atoms with Crippen molar-refractivity contribution in [2.75, 3.05) is 151 Å². The predicted octanol–water partition coefficient (Wildman–Crippen LogP) is 7.75. The first kappa shape index (κ1) is 87.2. The average Bonchev–Trinajstić information content (AvgIpc) is 1.58. The Morgan fingerprint density at radius 1 is 0.633 bits per heavy atom. The molecule has 1 unspecified atom stereocenters. The van der Waals surface area contributed by atoms with Gasteiger partial charge in [0.05, 0.1) is 162 Å². The third-order valence-corrected chi connectivity index (χ3v) is 18.5. The SMILES string of the molecule is C.COc1cc2c(cc1OCCCCCOc1cc3c(cc1OC)C(O)=[N+]1C=C(C)C[C@H]1C(=O)N3C(=O)OCc1ccc(CC(=O)[C@H](C)NC(=O)[C@@H](CC(=O)CCOCCOCCOCCOCCOCCOCCOCCOCCNC(=O)CCN3C(=O)CC(C)C3=O)C(C)C)cc1)N=C[C@@H]1CC(C)=CN1C2=O. The molecule has 5 aliphatic heterocycles. The van der Waals surface area contributed by atoms with Crippen molar-refractivity contribution >= 4 is 76.6 Å². The molecule has 30 heteroatoms. The summed E-state index contributed by atoms with van der Waals surface area (Å²) >= 11 is 0. The lowest BCUT2D eigenvalue weighted by Gasteiger charge is -2.22. The highest BCUT2D eigenvalue weighted by atomic mass is 16.6. The van der Waals surface area contributed by atoms with E-state index in [1.165, 1.54) is 30.9 Å². The highest BCUT2D eigenvalue weighted by molar-refractivity contribution is 6.18. The molecule has 3 aromatic carbocycles. The first-order valence-corrected chi connectivity index (χ1v) is 37.1. The summed E-state index contributed by atoms with van der Waals surface area (Å²) in [5, 5.41) is 17.2.